The highest BCUT2D eigenvalue weighted by Crippen LogP contribution is 2.39. The van der Waals surface area contributed by atoms with Crippen LogP contribution in [0.3, 0.4) is 0 Å². The fourth-order valence-electron chi connectivity index (χ4n) is 4.79. The number of benzene rings is 4. The van der Waals surface area contributed by atoms with E-state index in [1.807, 2.05) is 30.3 Å². The van der Waals surface area contributed by atoms with Crippen molar-refractivity contribution in [3.63, 3.8) is 0 Å². The lowest BCUT2D eigenvalue weighted by Gasteiger charge is -2.14. The highest BCUT2D eigenvalue weighted by atomic mass is 19.4. The van der Waals surface area contributed by atoms with Crippen LogP contribution in [0.25, 0.3) is 22.1 Å². The number of hydrogen-bond donors (Lipinski definition) is 0. The van der Waals surface area contributed by atoms with Gasteiger partial charge in [0.2, 0.25) is 11.2 Å². The van der Waals surface area contributed by atoms with Gasteiger partial charge in [-0.05, 0) is 47.5 Å². The fraction of sp³-hybridized carbons (Fsp3) is 0.0909. The summed E-state index contributed by atoms with van der Waals surface area (Å²) in [5.74, 6) is -4.86. The van der Waals surface area contributed by atoms with E-state index in [-0.39, 0.29) is 41.0 Å². The van der Waals surface area contributed by atoms with Crippen LogP contribution < -0.4 is 14.9 Å². The summed E-state index contributed by atoms with van der Waals surface area (Å²) in [7, 11) is 0. The highest BCUT2D eigenvalue weighted by molar-refractivity contribution is 6.21. The van der Waals surface area contributed by atoms with Gasteiger partial charge in [0.15, 0.2) is 0 Å². The van der Waals surface area contributed by atoms with E-state index in [1.165, 1.54) is 30.3 Å². The summed E-state index contributed by atoms with van der Waals surface area (Å²) in [5, 5.41) is -0.236. The minimum Gasteiger partial charge on any atom is -0.449 e. The third kappa shape index (κ3) is 5.42. The monoisotopic (exact) mass is 599 g/mol. The Labute approximate surface area is 246 Å². The van der Waals surface area contributed by atoms with Crippen molar-refractivity contribution in [3.05, 3.63) is 124 Å². The SMILES string of the molecule is O=C(CCN1C(=O)c2ccccc2C1=O)Oc1ccc2c(=O)c(Oc3ccc(-c4ccccc4)cc3)c(C(F)(F)F)oc2c1. The Balaban J connectivity index is 1.21. The molecule has 0 radical (unpaired) electrons. The smallest absolute Gasteiger partial charge is 0.449 e. The van der Waals surface area contributed by atoms with Crippen molar-refractivity contribution >= 4 is 28.8 Å². The molecule has 1 aliphatic heterocycles. The Bertz CT molecular complexity index is 1950. The second-order valence-corrected chi connectivity index (χ2v) is 9.77. The first kappa shape index (κ1) is 28.4. The topological polar surface area (TPSA) is 103 Å². The Morgan fingerprint density at radius 3 is 1.98 bits per heavy atom. The predicted molar refractivity (Wildman–Crippen MR) is 151 cm³/mol. The van der Waals surface area contributed by atoms with Gasteiger partial charge in [0.05, 0.1) is 22.9 Å². The number of hydrogen-bond acceptors (Lipinski definition) is 7. The number of ether oxygens (including phenoxy) is 2. The van der Waals surface area contributed by atoms with Gasteiger partial charge in [-0.25, -0.2) is 0 Å². The molecule has 2 heterocycles. The average molecular weight is 600 g/mol. The number of carbonyl (C=O) groups is 3. The Morgan fingerprint density at radius 1 is 0.750 bits per heavy atom. The molecule has 0 bridgehead atoms. The Kier molecular flexibility index (Phi) is 7.22. The molecule has 8 nitrogen and oxygen atoms in total. The molecular formula is C33H20F3NO7. The molecule has 0 N–H and O–H groups in total. The van der Waals surface area contributed by atoms with Crippen LogP contribution in [-0.4, -0.2) is 29.2 Å². The van der Waals surface area contributed by atoms with Crippen LogP contribution in [0.15, 0.2) is 106 Å². The van der Waals surface area contributed by atoms with Crippen molar-refractivity contribution in [2.24, 2.45) is 0 Å². The van der Waals surface area contributed by atoms with E-state index in [9.17, 15) is 32.3 Å². The summed E-state index contributed by atoms with van der Waals surface area (Å²) >= 11 is 0. The molecule has 5 aromatic rings. The summed E-state index contributed by atoms with van der Waals surface area (Å²) in [5.41, 5.74) is 0.575. The lowest BCUT2D eigenvalue weighted by atomic mass is 10.1. The van der Waals surface area contributed by atoms with Gasteiger partial charge < -0.3 is 13.9 Å². The first-order valence-corrected chi connectivity index (χ1v) is 13.3. The number of imide groups is 1. The van der Waals surface area contributed by atoms with E-state index in [4.69, 9.17) is 13.9 Å². The van der Waals surface area contributed by atoms with E-state index < -0.39 is 46.5 Å². The van der Waals surface area contributed by atoms with E-state index in [0.29, 0.717) is 0 Å². The molecular weight excluding hydrogens is 579 g/mol. The molecule has 0 saturated heterocycles. The molecule has 220 valence electrons. The third-order valence-corrected chi connectivity index (χ3v) is 6.91. The van der Waals surface area contributed by atoms with Crippen LogP contribution >= 0.6 is 0 Å². The van der Waals surface area contributed by atoms with Crippen molar-refractivity contribution in [2.45, 2.75) is 12.6 Å². The molecule has 0 atom stereocenters. The number of carbonyl (C=O) groups excluding carboxylic acids is 3. The van der Waals surface area contributed by atoms with Crippen LogP contribution in [0.4, 0.5) is 13.2 Å². The summed E-state index contributed by atoms with van der Waals surface area (Å²) < 4.78 is 57.7. The normalized spacial score (nSPS) is 12.8. The molecule has 1 aliphatic rings. The van der Waals surface area contributed by atoms with Crippen LogP contribution in [0, 0.1) is 0 Å². The Hall–Kier alpha value is -5.71. The van der Waals surface area contributed by atoms with Gasteiger partial charge in [-0.15, -0.1) is 0 Å². The molecule has 44 heavy (non-hydrogen) atoms. The van der Waals surface area contributed by atoms with Gasteiger partial charge >= 0.3 is 12.1 Å². The lowest BCUT2D eigenvalue weighted by Crippen LogP contribution is -2.32. The number of fused-ring (bicyclic) bond motifs is 2. The lowest BCUT2D eigenvalue weighted by molar-refractivity contribution is -0.154. The second kappa shape index (κ2) is 11.2. The van der Waals surface area contributed by atoms with Crippen LogP contribution in [0.1, 0.15) is 32.9 Å². The predicted octanol–water partition coefficient (Wildman–Crippen LogP) is 6.86. The maximum atomic E-state index is 14.0. The van der Waals surface area contributed by atoms with Gasteiger partial charge in [0, 0.05) is 12.6 Å². The largest absolute Gasteiger partial charge is 0.453 e. The minimum absolute atomic E-state index is 0.00885. The highest BCUT2D eigenvalue weighted by Gasteiger charge is 2.41. The maximum Gasteiger partial charge on any atom is 0.453 e. The quantitative estimate of drug-likeness (QED) is 0.114. The Morgan fingerprint density at radius 2 is 1.34 bits per heavy atom. The van der Waals surface area contributed by atoms with Crippen LogP contribution in [0.5, 0.6) is 17.2 Å². The molecule has 0 aliphatic carbocycles. The van der Waals surface area contributed by atoms with E-state index in [2.05, 4.69) is 0 Å². The zero-order valence-electron chi connectivity index (χ0n) is 22.6. The standard InChI is InChI=1S/C33H20F3NO7/c34-33(35,36)30-29(43-21-12-10-20(11-13-21)19-6-2-1-3-7-19)28(39)25-15-14-22(18-26(25)44-30)42-27(38)16-17-37-31(40)23-8-4-5-9-24(23)32(37)41/h1-15,18H,16-17H2. The number of halogens is 3. The minimum atomic E-state index is -5.09. The first-order valence-electron chi connectivity index (χ1n) is 13.3. The van der Waals surface area contributed by atoms with Gasteiger partial charge in [0.25, 0.3) is 17.6 Å². The number of nitrogens with zero attached hydrogens (tertiary/aromatic N) is 1. The summed E-state index contributed by atoms with van der Waals surface area (Å²) in [6, 6.07) is 25.0. The van der Waals surface area contributed by atoms with Crippen molar-refractivity contribution in [1.82, 2.24) is 4.90 Å². The van der Waals surface area contributed by atoms with E-state index >= 15 is 0 Å². The van der Waals surface area contributed by atoms with Gasteiger partial charge in [-0.3, -0.25) is 24.1 Å². The molecule has 0 unspecified atom stereocenters. The molecule has 4 aromatic carbocycles. The maximum absolute atomic E-state index is 14.0. The number of esters is 1. The molecule has 0 saturated carbocycles. The molecule has 6 rings (SSSR count). The first-order chi connectivity index (χ1) is 21.1. The van der Waals surface area contributed by atoms with Crippen molar-refractivity contribution < 1.29 is 41.4 Å². The number of alkyl halides is 3. The zero-order chi connectivity index (χ0) is 31.0. The van der Waals surface area contributed by atoms with Crippen molar-refractivity contribution in [3.8, 4) is 28.4 Å². The summed E-state index contributed by atoms with van der Waals surface area (Å²) in [6.45, 7) is -0.265. The second-order valence-electron chi connectivity index (χ2n) is 9.77. The van der Waals surface area contributed by atoms with Gasteiger partial charge in [-0.2, -0.15) is 13.2 Å². The molecule has 1 aromatic heterocycles. The number of rotatable bonds is 7. The van der Waals surface area contributed by atoms with Crippen molar-refractivity contribution in [1.29, 1.82) is 0 Å². The molecule has 2 amide bonds. The summed E-state index contributed by atoms with van der Waals surface area (Å²) in [4.78, 5) is 51.6. The van der Waals surface area contributed by atoms with Gasteiger partial charge in [-0.1, -0.05) is 54.6 Å². The third-order valence-electron chi connectivity index (χ3n) is 6.91. The van der Waals surface area contributed by atoms with Crippen LogP contribution in [0.2, 0.25) is 0 Å². The fourth-order valence-corrected chi connectivity index (χ4v) is 4.79. The average Bonchev–Trinajstić information content (AvgIpc) is 3.26. The van der Waals surface area contributed by atoms with Crippen molar-refractivity contribution in [2.75, 3.05) is 6.54 Å². The van der Waals surface area contributed by atoms with Crippen LogP contribution in [-0.2, 0) is 11.0 Å². The molecule has 0 fully saturated rings. The van der Waals surface area contributed by atoms with Gasteiger partial charge in [0.1, 0.15) is 17.1 Å². The van der Waals surface area contributed by atoms with E-state index in [0.717, 1.165) is 28.2 Å². The zero-order valence-corrected chi connectivity index (χ0v) is 22.6. The molecule has 11 heteroatoms. The number of amides is 2. The van der Waals surface area contributed by atoms with E-state index in [1.54, 1.807) is 24.3 Å². The molecule has 0 spiro atoms. The summed E-state index contributed by atoms with van der Waals surface area (Å²) in [6.07, 6.45) is -5.47.